The lowest BCUT2D eigenvalue weighted by Crippen LogP contribution is -2.28. The molecule has 3 aromatic rings. The molecule has 0 saturated heterocycles. The molecule has 11 nitrogen and oxygen atoms in total. The number of esters is 1. The van der Waals surface area contributed by atoms with Crippen LogP contribution >= 0.6 is 0 Å². The second-order valence-corrected chi connectivity index (χ2v) is 10.7. The number of ether oxygens (including phenoxy) is 1. The van der Waals surface area contributed by atoms with Crippen LogP contribution in [0, 0.1) is 11.9 Å². The van der Waals surface area contributed by atoms with Crippen LogP contribution in [0.1, 0.15) is 55.4 Å². The van der Waals surface area contributed by atoms with Gasteiger partial charge in [0.25, 0.3) is 5.91 Å². The van der Waals surface area contributed by atoms with Crippen LogP contribution in [-0.4, -0.2) is 75.7 Å². The summed E-state index contributed by atoms with van der Waals surface area (Å²) in [6.45, 7) is 1.14. The molecule has 1 amide bonds. The Hall–Kier alpha value is -3.80. The topological polar surface area (TPSA) is 126 Å². The van der Waals surface area contributed by atoms with E-state index >= 15 is 0 Å². The lowest BCUT2D eigenvalue weighted by atomic mass is 9.84. The Bertz CT molecular complexity index is 1320. The van der Waals surface area contributed by atoms with E-state index in [2.05, 4.69) is 25.9 Å². The first-order chi connectivity index (χ1) is 18.8. The number of fused-ring (bicyclic) bond motifs is 1. The summed E-state index contributed by atoms with van der Waals surface area (Å²) in [7, 11) is 3.90. The number of nitrogens with one attached hydrogen (secondary N) is 3. The van der Waals surface area contributed by atoms with E-state index < -0.39 is 11.9 Å². The molecule has 2 aliphatic carbocycles. The first-order valence-electron chi connectivity index (χ1n) is 13.5. The quantitative estimate of drug-likeness (QED) is 0.248. The van der Waals surface area contributed by atoms with Crippen molar-refractivity contribution in [3.63, 3.8) is 0 Å². The molecular weight excluding hydrogens is 503 g/mol. The van der Waals surface area contributed by atoms with Crippen molar-refractivity contribution in [3.05, 3.63) is 42.2 Å². The molecule has 39 heavy (non-hydrogen) atoms. The lowest BCUT2D eigenvalue weighted by molar-refractivity contribution is -0.145. The van der Waals surface area contributed by atoms with Gasteiger partial charge in [0.1, 0.15) is 12.4 Å². The number of imidazole rings is 1. The Morgan fingerprint density at radius 2 is 1.82 bits per heavy atom. The van der Waals surface area contributed by atoms with Crippen molar-refractivity contribution in [1.29, 1.82) is 0 Å². The number of aromatic nitrogens is 4. The Labute approximate surface area is 226 Å². The van der Waals surface area contributed by atoms with Crippen LogP contribution in [0.5, 0.6) is 0 Å². The van der Waals surface area contributed by atoms with Crippen molar-refractivity contribution < 1.29 is 18.7 Å². The summed E-state index contributed by atoms with van der Waals surface area (Å²) in [5, 5.41) is 14.4. The van der Waals surface area contributed by atoms with Gasteiger partial charge >= 0.3 is 5.97 Å². The van der Waals surface area contributed by atoms with Crippen molar-refractivity contribution in [2.24, 2.45) is 5.92 Å². The number of nitrogens with zero attached hydrogens (tertiary/aromatic N) is 5. The Morgan fingerprint density at radius 3 is 2.54 bits per heavy atom. The Kier molecular flexibility index (Phi) is 8.20. The number of anilines is 3. The van der Waals surface area contributed by atoms with Crippen molar-refractivity contribution in [1.82, 2.24) is 24.5 Å². The minimum absolute atomic E-state index is 0.128. The van der Waals surface area contributed by atoms with E-state index in [1.54, 1.807) is 0 Å². The zero-order valence-electron chi connectivity index (χ0n) is 22.3. The van der Waals surface area contributed by atoms with Gasteiger partial charge in [-0.1, -0.05) is 0 Å². The summed E-state index contributed by atoms with van der Waals surface area (Å²) in [6.07, 6.45) is 9.06. The van der Waals surface area contributed by atoms with Gasteiger partial charge in [0.05, 0.1) is 11.9 Å². The van der Waals surface area contributed by atoms with Gasteiger partial charge in [-0.25, -0.2) is 14.5 Å². The maximum Gasteiger partial charge on any atom is 0.306 e. The first-order valence-corrected chi connectivity index (χ1v) is 13.5. The normalized spacial score (nSPS) is 19.2. The average Bonchev–Trinajstić information content (AvgIpc) is 3.60. The molecule has 5 rings (SSSR count). The minimum Gasteiger partial charge on any atom is -0.464 e. The number of rotatable bonds is 11. The zero-order chi connectivity index (χ0) is 27.4. The van der Waals surface area contributed by atoms with E-state index in [4.69, 9.17) is 9.84 Å². The molecule has 208 valence electrons. The fourth-order valence-corrected chi connectivity index (χ4v) is 4.78. The molecule has 0 spiro atoms. The van der Waals surface area contributed by atoms with Gasteiger partial charge in [0, 0.05) is 49.1 Å². The molecule has 2 fully saturated rings. The van der Waals surface area contributed by atoms with Crippen molar-refractivity contribution in [2.75, 3.05) is 43.2 Å². The average molecular weight is 539 g/mol. The molecule has 0 radical (unpaired) electrons. The second kappa shape index (κ2) is 11.9. The van der Waals surface area contributed by atoms with Gasteiger partial charge in [0.15, 0.2) is 11.3 Å². The van der Waals surface area contributed by atoms with Crippen LogP contribution in [0.3, 0.4) is 0 Å². The number of hydrogen-bond donors (Lipinski definition) is 3. The molecule has 0 aromatic carbocycles. The number of halogens is 1. The van der Waals surface area contributed by atoms with Crippen LogP contribution < -0.4 is 16.0 Å². The molecule has 0 bridgehead atoms. The van der Waals surface area contributed by atoms with E-state index in [1.807, 2.05) is 25.1 Å². The molecule has 2 aliphatic rings. The highest BCUT2D eigenvalue weighted by molar-refractivity contribution is 6.03. The summed E-state index contributed by atoms with van der Waals surface area (Å²) in [4.78, 5) is 35.2. The number of carbonyl (C=O) groups excluding carboxylic acids is 2. The fourth-order valence-electron chi connectivity index (χ4n) is 4.78. The highest BCUT2D eigenvalue weighted by atomic mass is 19.1. The summed E-state index contributed by atoms with van der Waals surface area (Å²) in [6, 6.07) is 5.19. The van der Waals surface area contributed by atoms with Crippen LogP contribution in [0.15, 0.2) is 30.6 Å². The summed E-state index contributed by atoms with van der Waals surface area (Å²) in [5.41, 5.74) is 1.89. The van der Waals surface area contributed by atoms with Crippen LogP contribution in [0.25, 0.3) is 5.65 Å². The molecule has 0 unspecified atom stereocenters. The summed E-state index contributed by atoms with van der Waals surface area (Å²) < 4.78 is 20.4. The molecule has 3 aromatic heterocycles. The predicted molar refractivity (Wildman–Crippen MR) is 145 cm³/mol. The largest absolute Gasteiger partial charge is 0.464 e. The van der Waals surface area contributed by atoms with Crippen molar-refractivity contribution in [3.8, 4) is 0 Å². The maximum atomic E-state index is 13.5. The van der Waals surface area contributed by atoms with Crippen molar-refractivity contribution in [2.45, 2.75) is 57.0 Å². The van der Waals surface area contributed by atoms with Crippen LogP contribution in [0.2, 0.25) is 0 Å². The van der Waals surface area contributed by atoms with E-state index in [0.29, 0.717) is 42.1 Å². The molecule has 3 N–H and O–H groups in total. The summed E-state index contributed by atoms with van der Waals surface area (Å²) >= 11 is 0. The van der Waals surface area contributed by atoms with E-state index in [9.17, 15) is 14.0 Å². The Morgan fingerprint density at radius 1 is 1.08 bits per heavy atom. The highest BCUT2D eigenvalue weighted by Crippen LogP contribution is 2.31. The first kappa shape index (κ1) is 26.8. The molecule has 0 aliphatic heterocycles. The zero-order valence-corrected chi connectivity index (χ0v) is 22.3. The van der Waals surface area contributed by atoms with Gasteiger partial charge in [0.2, 0.25) is 5.95 Å². The number of hydrogen-bond acceptors (Lipinski definition) is 9. The number of likely N-dealkylation sites (N-methyl/N-ethyl adjacent to an activating group) is 1. The third kappa shape index (κ3) is 7.20. The number of pyridine rings is 1. The third-order valence-electron chi connectivity index (χ3n) is 7.08. The monoisotopic (exact) mass is 538 g/mol. The van der Waals surface area contributed by atoms with E-state index in [0.717, 1.165) is 56.8 Å². The molecule has 12 heteroatoms. The molecule has 3 heterocycles. The molecule has 0 atom stereocenters. The third-order valence-corrected chi connectivity index (χ3v) is 7.08. The van der Waals surface area contributed by atoms with E-state index in [1.165, 1.54) is 23.0 Å². The number of amides is 1. The number of carbonyl (C=O) groups is 2. The van der Waals surface area contributed by atoms with Gasteiger partial charge in [-0.05, 0) is 64.6 Å². The Balaban J connectivity index is 1.25. The van der Waals surface area contributed by atoms with Gasteiger partial charge < -0.3 is 25.6 Å². The van der Waals surface area contributed by atoms with Gasteiger partial charge in [-0.3, -0.25) is 9.59 Å². The smallest absolute Gasteiger partial charge is 0.306 e. The van der Waals surface area contributed by atoms with Gasteiger partial charge in [-0.15, -0.1) is 5.10 Å². The standard InChI is InChI=1S/C27H35FN8O3/c1-35(2)11-12-39-25(37)13-17-3-5-19(6-4-17)32-24-15-21(31-18-7-8-18)26-30-16-22(36(26)34-24)27(38)33-20-9-10-29-23(28)14-20/h9-10,14-19,31H,3-8,11-13H2,1-2H3,(H,32,34)(H,29,33,38). The predicted octanol–water partition coefficient (Wildman–Crippen LogP) is 3.56. The maximum absolute atomic E-state index is 13.5. The van der Waals surface area contributed by atoms with Gasteiger partial charge in [-0.2, -0.15) is 4.39 Å². The van der Waals surface area contributed by atoms with Crippen LogP contribution in [0.4, 0.5) is 21.6 Å². The minimum atomic E-state index is -0.678. The molecular formula is C27H35FN8O3. The highest BCUT2D eigenvalue weighted by Gasteiger charge is 2.27. The fraction of sp³-hybridized carbons (Fsp3) is 0.519. The molecule has 2 saturated carbocycles. The lowest BCUT2D eigenvalue weighted by Gasteiger charge is -2.29. The summed E-state index contributed by atoms with van der Waals surface area (Å²) in [5.74, 6) is -0.300. The second-order valence-electron chi connectivity index (χ2n) is 10.7. The van der Waals surface area contributed by atoms with Crippen molar-refractivity contribution >= 4 is 34.7 Å². The SMILES string of the molecule is CN(C)CCOC(=O)CC1CCC(Nc2cc(NC3CC3)c3ncc(C(=O)Nc4ccnc(F)c4)n3n2)CC1. The van der Waals surface area contributed by atoms with E-state index in [-0.39, 0.29) is 17.7 Å². The van der Waals surface area contributed by atoms with Crippen LogP contribution in [-0.2, 0) is 9.53 Å².